The largest absolute Gasteiger partial charge is 0.507 e. The van der Waals surface area contributed by atoms with Gasteiger partial charge in [-0.2, -0.15) is 0 Å². The molecule has 0 atom stereocenters. The molecule has 41 heavy (non-hydrogen) atoms. The van der Waals surface area contributed by atoms with Gasteiger partial charge >= 0.3 is 0 Å². The van der Waals surface area contributed by atoms with Crippen LogP contribution in [0.1, 0.15) is 74.8 Å². The molecule has 2 aliphatic rings. The number of benzene rings is 4. The number of carbonyl (C=O) groups is 4. The summed E-state index contributed by atoms with van der Waals surface area (Å²) in [6, 6.07) is 4.94. The minimum Gasteiger partial charge on any atom is -0.507 e. The lowest BCUT2D eigenvalue weighted by molar-refractivity contribution is 0.0971. The van der Waals surface area contributed by atoms with Gasteiger partial charge in [0.05, 0.1) is 27.8 Å². The van der Waals surface area contributed by atoms with E-state index in [4.69, 9.17) is 0 Å². The molecular weight excluding hydrogens is 536 g/mol. The van der Waals surface area contributed by atoms with Crippen LogP contribution in [0.5, 0.6) is 40.2 Å². The Morgan fingerprint density at radius 1 is 0.390 bits per heavy atom. The Morgan fingerprint density at radius 2 is 0.780 bits per heavy atom. The third kappa shape index (κ3) is 3.13. The number of hydrogen-bond donors (Lipinski definition) is 7. The Bertz CT molecular complexity index is 2000. The first kappa shape index (κ1) is 25.4. The third-order valence-electron chi connectivity index (χ3n) is 7.39. The van der Waals surface area contributed by atoms with Gasteiger partial charge in [-0.15, -0.1) is 0 Å². The van der Waals surface area contributed by atoms with Crippen molar-refractivity contribution in [3.8, 4) is 51.4 Å². The minimum atomic E-state index is -1.16. The SMILES string of the molecule is Cc1cc(O)c2c(c1)C(=O)c1c(c(O)cc(O)c1-c1c(O)cc(O)c3c1C(=O)c1c(O)c(C)cc(O)c1C3=O)C2=O. The molecule has 0 spiro atoms. The topological polar surface area (TPSA) is 210 Å². The third-order valence-corrected chi connectivity index (χ3v) is 7.39. The van der Waals surface area contributed by atoms with E-state index in [2.05, 4.69) is 0 Å². The molecule has 4 aromatic carbocycles. The summed E-state index contributed by atoms with van der Waals surface area (Å²) in [5.41, 5.74) is -5.56. The number of rotatable bonds is 1. The van der Waals surface area contributed by atoms with Gasteiger partial charge < -0.3 is 35.7 Å². The number of aryl methyl sites for hydroxylation is 2. The molecule has 6 rings (SSSR count). The van der Waals surface area contributed by atoms with Crippen LogP contribution >= 0.6 is 0 Å². The summed E-state index contributed by atoms with van der Waals surface area (Å²) in [6.45, 7) is 2.90. The van der Waals surface area contributed by atoms with Gasteiger partial charge in [0.2, 0.25) is 11.6 Å². The van der Waals surface area contributed by atoms with Gasteiger partial charge in [0.1, 0.15) is 40.2 Å². The second kappa shape index (κ2) is 8.09. The Hall–Kier alpha value is -5.84. The molecule has 0 amide bonds. The van der Waals surface area contributed by atoms with Crippen molar-refractivity contribution in [3.63, 3.8) is 0 Å². The van der Waals surface area contributed by atoms with Gasteiger partial charge in [0, 0.05) is 39.9 Å². The van der Waals surface area contributed by atoms with E-state index >= 15 is 0 Å². The molecule has 0 radical (unpaired) electrons. The molecule has 11 nitrogen and oxygen atoms in total. The Labute approximate surface area is 229 Å². The van der Waals surface area contributed by atoms with Crippen molar-refractivity contribution in [2.24, 2.45) is 0 Å². The van der Waals surface area contributed by atoms with E-state index in [0.717, 1.165) is 6.07 Å². The summed E-state index contributed by atoms with van der Waals surface area (Å²) < 4.78 is 0. The molecule has 11 heteroatoms. The fraction of sp³-hybridized carbons (Fsp3) is 0.0667. The van der Waals surface area contributed by atoms with Gasteiger partial charge in [0.15, 0.2) is 11.6 Å². The molecule has 204 valence electrons. The second-order valence-electron chi connectivity index (χ2n) is 9.91. The lowest BCUT2D eigenvalue weighted by Crippen LogP contribution is -2.25. The normalized spacial score (nSPS) is 13.5. The highest BCUT2D eigenvalue weighted by Gasteiger charge is 2.43. The monoisotopic (exact) mass is 554 g/mol. The summed E-state index contributed by atoms with van der Waals surface area (Å²) in [4.78, 5) is 54.8. The number of aromatic hydroxyl groups is 7. The predicted molar refractivity (Wildman–Crippen MR) is 140 cm³/mol. The minimum absolute atomic E-state index is 0.0224. The van der Waals surface area contributed by atoms with Crippen LogP contribution in [-0.2, 0) is 0 Å². The van der Waals surface area contributed by atoms with Crippen LogP contribution in [0.4, 0.5) is 0 Å². The highest BCUT2D eigenvalue weighted by atomic mass is 16.3. The summed E-state index contributed by atoms with van der Waals surface area (Å²) in [7, 11) is 0. The van der Waals surface area contributed by atoms with Crippen molar-refractivity contribution in [2.75, 3.05) is 0 Å². The predicted octanol–water partition coefficient (Wildman–Crippen LogP) is 3.46. The molecular formula is C30H18O11. The van der Waals surface area contributed by atoms with E-state index in [-0.39, 0.29) is 11.1 Å². The van der Waals surface area contributed by atoms with Gasteiger partial charge in [-0.05, 0) is 43.2 Å². The molecule has 2 aliphatic carbocycles. The van der Waals surface area contributed by atoms with Crippen LogP contribution in [0, 0.1) is 13.8 Å². The standard InChI is InChI=1S/C30H18O11/c1-8-3-10-17(11(31)4-8)28(39)20-15(35)6-13(33)18(23(20)27(10)38)19-14(34)7-16(36)21-24(19)30(41)25-22(29(21)40)12(32)5-9(2)26(25)37/h3-7,31-37H,1-2H3. The van der Waals surface area contributed by atoms with Crippen molar-refractivity contribution in [2.45, 2.75) is 13.8 Å². The summed E-state index contributed by atoms with van der Waals surface area (Å²) in [6.07, 6.45) is 0. The quantitative estimate of drug-likeness (QED) is 0.146. The molecule has 0 bridgehead atoms. The van der Waals surface area contributed by atoms with E-state index in [1.807, 2.05) is 0 Å². The van der Waals surface area contributed by atoms with Crippen LogP contribution in [0.2, 0.25) is 0 Å². The van der Waals surface area contributed by atoms with E-state index < -0.39 is 113 Å². The smallest absolute Gasteiger partial charge is 0.202 e. The lowest BCUT2D eigenvalue weighted by atomic mass is 9.74. The number of ketones is 4. The molecule has 0 aliphatic heterocycles. The number of hydrogen-bond acceptors (Lipinski definition) is 11. The number of carbonyl (C=O) groups excluding carboxylic acids is 4. The molecule has 4 aromatic rings. The van der Waals surface area contributed by atoms with Crippen molar-refractivity contribution < 1.29 is 54.9 Å². The van der Waals surface area contributed by atoms with Crippen LogP contribution in [0.15, 0.2) is 30.3 Å². The molecule has 7 N–H and O–H groups in total. The second-order valence-corrected chi connectivity index (χ2v) is 9.91. The van der Waals surface area contributed by atoms with Gasteiger partial charge in [0.25, 0.3) is 0 Å². The zero-order valence-corrected chi connectivity index (χ0v) is 21.2. The fourth-order valence-electron chi connectivity index (χ4n) is 5.66. The summed E-state index contributed by atoms with van der Waals surface area (Å²) >= 11 is 0. The first-order chi connectivity index (χ1) is 19.3. The highest BCUT2D eigenvalue weighted by molar-refractivity contribution is 6.36. The number of phenols is 7. The van der Waals surface area contributed by atoms with Gasteiger partial charge in [-0.25, -0.2) is 0 Å². The Morgan fingerprint density at radius 3 is 1.34 bits per heavy atom. The molecule has 0 saturated heterocycles. The summed E-state index contributed by atoms with van der Waals surface area (Å²) in [5, 5.41) is 74.9. The molecule has 0 heterocycles. The molecule has 0 saturated carbocycles. The van der Waals surface area contributed by atoms with Crippen molar-refractivity contribution in [3.05, 3.63) is 86.0 Å². The van der Waals surface area contributed by atoms with Gasteiger partial charge in [-0.3, -0.25) is 19.2 Å². The van der Waals surface area contributed by atoms with Crippen molar-refractivity contribution in [1.29, 1.82) is 0 Å². The first-order valence-corrected chi connectivity index (χ1v) is 12.0. The maximum Gasteiger partial charge on any atom is 0.202 e. The van der Waals surface area contributed by atoms with E-state index in [1.54, 1.807) is 6.92 Å². The Balaban J connectivity index is 1.76. The maximum atomic E-state index is 13.9. The van der Waals surface area contributed by atoms with E-state index in [9.17, 15) is 54.9 Å². The average Bonchev–Trinajstić information content (AvgIpc) is 2.87. The zero-order chi connectivity index (χ0) is 29.8. The maximum absolute atomic E-state index is 13.9. The van der Waals surface area contributed by atoms with Crippen LogP contribution < -0.4 is 0 Å². The van der Waals surface area contributed by atoms with Crippen molar-refractivity contribution in [1.82, 2.24) is 0 Å². The van der Waals surface area contributed by atoms with E-state index in [0.29, 0.717) is 17.7 Å². The van der Waals surface area contributed by atoms with Crippen molar-refractivity contribution >= 4 is 23.1 Å². The zero-order valence-electron chi connectivity index (χ0n) is 21.2. The molecule has 0 aromatic heterocycles. The van der Waals surface area contributed by atoms with E-state index in [1.165, 1.54) is 19.1 Å². The van der Waals surface area contributed by atoms with Gasteiger partial charge in [-0.1, -0.05) is 0 Å². The lowest BCUT2D eigenvalue weighted by Gasteiger charge is -2.27. The summed E-state index contributed by atoms with van der Waals surface area (Å²) in [5.74, 6) is -9.61. The van der Waals surface area contributed by atoms with Crippen LogP contribution in [-0.4, -0.2) is 58.9 Å². The first-order valence-electron chi connectivity index (χ1n) is 12.0. The highest BCUT2D eigenvalue weighted by Crippen LogP contribution is 2.53. The molecule has 0 unspecified atom stereocenters. The van der Waals surface area contributed by atoms with Crippen LogP contribution in [0.3, 0.4) is 0 Å². The number of fused-ring (bicyclic) bond motifs is 4. The number of phenolic OH excluding ortho intramolecular Hbond substituents is 7. The fourth-order valence-corrected chi connectivity index (χ4v) is 5.66. The van der Waals surface area contributed by atoms with Crippen LogP contribution in [0.25, 0.3) is 11.1 Å². The molecule has 0 fully saturated rings. The Kier molecular flexibility index (Phi) is 5.02. The average molecular weight is 554 g/mol.